The Balaban J connectivity index is 1.91. The Morgan fingerprint density at radius 2 is 2.03 bits per heavy atom. The molecule has 1 aliphatic rings. The molecule has 0 radical (unpaired) electrons. The fourth-order valence-electron chi connectivity index (χ4n) is 3.19. The summed E-state index contributed by atoms with van der Waals surface area (Å²) in [4.78, 5) is 21.2. The van der Waals surface area contributed by atoms with E-state index in [-0.39, 0.29) is 22.9 Å². The van der Waals surface area contributed by atoms with Gasteiger partial charge in [-0.25, -0.2) is 22.8 Å². The molecule has 2 aromatic heterocycles. The number of hydrogen-bond donors (Lipinski definition) is 0. The Hall–Kier alpha value is -2.81. The van der Waals surface area contributed by atoms with Crippen molar-refractivity contribution in [2.24, 2.45) is 13.0 Å². The summed E-state index contributed by atoms with van der Waals surface area (Å²) in [6.07, 6.45) is 5.21. The smallest absolute Gasteiger partial charge is 0.258 e. The third-order valence-corrected chi connectivity index (χ3v) is 6.74. The lowest BCUT2D eigenvalue weighted by Gasteiger charge is -2.14. The minimum absolute atomic E-state index is 0.0282. The van der Waals surface area contributed by atoms with Crippen molar-refractivity contribution in [2.75, 3.05) is 12.4 Å². The quantitative estimate of drug-likeness (QED) is 0.571. The number of sulfone groups is 1. The second-order valence-electron chi connectivity index (χ2n) is 7.58. The molecule has 1 saturated carbocycles. The zero-order valence-electron chi connectivity index (χ0n) is 16.8. The van der Waals surface area contributed by atoms with Gasteiger partial charge >= 0.3 is 0 Å². The summed E-state index contributed by atoms with van der Waals surface area (Å²) in [5.74, 6) is 0.164. The summed E-state index contributed by atoms with van der Waals surface area (Å²) in [7, 11) is -1.74. The van der Waals surface area contributed by atoms with Crippen molar-refractivity contribution in [3.63, 3.8) is 0 Å². The van der Waals surface area contributed by atoms with E-state index in [9.17, 15) is 17.6 Å². The molecule has 2 heterocycles. The summed E-state index contributed by atoms with van der Waals surface area (Å²) in [6, 6.07) is 3.95. The number of aryl methyl sites for hydroxylation is 1. The summed E-state index contributed by atoms with van der Waals surface area (Å²) >= 11 is 0. The van der Waals surface area contributed by atoms with Crippen molar-refractivity contribution in [3.05, 3.63) is 52.6 Å². The Kier molecular flexibility index (Phi) is 5.31. The molecule has 0 unspecified atom stereocenters. The zero-order chi connectivity index (χ0) is 21.5. The van der Waals surface area contributed by atoms with Gasteiger partial charge in [0.05, 0.1) is 12.8 Å². The number of hydrogen-bond acceptors (Lipinski definition) is 6. The first-order valence-electron chi connectivity index (χ1n) is 9.76. The number of aromatic nitrogens is 3. The van der Waals surface area contributed by atoms with Crippen LogP contribution in [0.3, 0.4) is 0 Å². The molecule has 4 rings (SSSR count). The van der Waals surface area contributed by atoms with Crippen LogP contribution in [-0.4, -0.2) is 35.3 Å². The third-order valence-electron chi connectivity index (χ3n) is 5.17. The fourth-order valence-corrected chi connectivity index (χ4v) is 3.93. The van der Waals surface area contributed by atoms with Gasteiger partial charge in [0.1, 0.15) is 23.1 Å². The number of nitrogens with zero attached hydrogens (tertiary/aromatic N) is 3. The molecule has 1 aliphatic carbocycles. The van der Waals surface area contributed by atoms with Crippen LogP contribution >= 0.6 is 0 Å². The molecule has 0 spiro atoms. The van der Waals surface area contributed by atoms with Gasteiger partial charge in [-0.2, -0.15) is 0 Å². The van der Waals surface area contributed by atoms with Crippen molar-refractivity contribution >= 4 is 20.6 Å². The van der Waals surface area contributed by atoms with Crippen LogP contribution in [0, 0.1) is 11.7 Å². The summed E-state index contributed by atoms with van der Waals surface area (Å²) in [5.41, 5.74) is 0.560. The Morgan fingerprint density at radius 1 is 1.27 bits per heavy atom. The molecule has 3 aromatic rings. The van der Waals surface area contributed by atoms with Crippen LogP contribution in [0.1, 0.15) is 25.6 Å². The van der Waals surface area contributed by atoms with Gasteiger partial charge in [0, 0.05) is 35.3 Å². The number of ether oxygens (including phenoxy) is 1. The maximum absolute atomic E-state index is 14.0. The minimum Gasteiger partial charge on any atom is -0.489 e. The predicted molar refractivity (Wildman–Crippen MR) is 112 cm³/mol. The van der Waals surface area contributed by atoms with Crippen LogP contribution in [0.25, 0.3) is 22.0 Å². The van der Waals surface area contributed by atoms with Gasteiger partial charge in [0.25, 0.3) is 5.56 Å². The molecule has 0 saturated heterocycles. The predicted octanol–water partition coefficient (Wildman–Crippen LogP) is 2.86. The summed E-state index contributed by atoms with van der Waals surface area (Å²) in [5, 5.41) is 0.725. The molecule has 0 atom stereocenters. The number of pyridine rings is 1. The van der Waals surface area contributed by atoms with E-state index in [1.165, 1.54) is 29.0 Å². The second-order valence-corrected chi connectivity index (χ2v) is 9.93. The molecule has 0 aliphatic heterocycles. The molecule has 9 heteroatoms. The highest BCUT2D eigenvalue weighted by molar-refractivity contribution is 7.90. The lowest BCUT2D eigenvalue weighted by Crippen LogP contribution is -2.17. The lowest BCUT2D eigenvalue weighted by molar-refractivity contribution is 0.298. The number of benzene rings is 1. The number of fused-ring (bicyclic) bond motifs is 1. The standard InChI is InChI=1S/C21H22FN3O4S/c1-3-30(27,28)12-19-23-9-18(29-11-13-4-5-13)20(24-19)17-10-25(2)21(26)15-7-6-14(22)8-16(15)17/h6-10,13H,3-5,11-12H2,1-2H3. The maximum atomic E-state index is 14.0. The van der Waals surface area contributed by atoms with Gasteiger partial charge in [0.15, 0.2) is 15.6 Å². The zero-order valence-corrected chi connectivity index (χ0v) is 17.6. The average molecular weight is 431 g/mol. The van der Waals surface area contributed by atoms with E-state index in [4.69, 9.17) is 4.74 Å². The van der Waals surface area contributed by atoms with E-state index >= 15 is 0 Å². The van der Waals surface area contributed by atoms with Crippen LogP contribution in [0.2, 0.25) is 0 Å². The van der Waals surface area contributed by atoms with Crippen molar-refractivity contribution in [2.45, 2.75) is 25.5 Å². The molecule has 1 fully saturated rings. The maximum Gasteiger partial charge on any atom is 0.258 e. The van der Waals surface area contributed by atoms with Crippen molar-refractivity contribution in [1.29, 1.82) is 0 Å². The lowest BCUT2D eigenvalue weighted by atomic mass is 10.0. The molecule has 7 nitrogen and oxygen atoms in total. The number of halogens is 1. The van der Waals surface area contributed by atoms with Crippen molar-refractivity contribution in [1.82, 2.24) is 14.5 Å². The molecular weight excluding hydrogens is 409 g/mol. The van der Waals surface area contributed by atoms with Gasteiger partial charge in [0.2, 0.25) is 0 Å². The molecule has 30 heavy (non-hydrogen) atoms. The van der Waals surface area contributed by atoms with Gasteiger partial charge in [-0.3, -0.25) is 4.79 Å². The van der Waals surface area contributed by atoms with E-state index in [0.717, 1.165) is 12.8 Å². The normalized spacial score (nSPS) is 14.2. The highest BCUT2D eigenvalue weighted by Gasteiger charge is 2.24. The average Bonchev–Trinajstić information content (AvgIpc) is 3.54. The molecule has 158 valence electrons. The first kappa shape index (κ1) is 20.5. The third kappa shape index (κ3) is 4.21. The van der Waals surface area contributed by atoms with Crippen LogP contribution < -0.4 is 10.3 Å². The Bertz CT molecular complexity index is 1280. The highest BCUT2D eigenvalue weighted by Crippen LogP contribution is 2.35. The van der Waals surface area contributed by atoms with Crippen LogP contribution in [0.5, 0.6) is 5.75 Å². The van der Waals surface area contributed by atoms with E-state index in [2.05, 4.69) is 9.97 Å². The fraction of sp³-hybridized carbons (Fsp3) is 0.381. The first-order valence-corrected chi connectivity index (χ1v) is 11.6. The molecule has 0 bridgehead atoms. The van der Waals surface area contributed by atoms with Crippen molar-refractivity contribution in [3.8, 4) is 17.0 Å². The van der Waals surface area contributed by atoms with Gasteiger partial charge < -0.3 is 9.30 Å². The monoisotopic (exact) mass is 431 g/mol. The van der Waals surface area contributed by atoms with Crippen molar-refractivity contribution < 1.29 is 17.5 Å². The topological polar surface area (TPSA) is 91.2 Å². The SMILES string of the molecule is CCS(=O)(=O)Cc1ncc(OCC2CC2)c(-c2cn(C)c(=O)c3ccc(F)cc23)n1. The molecule has 0 N–H and O–H groups in total. The summed E-state index contributed by atoms with van der Waals surface area (Å²) < 4.78 is 45.5. The number of rotatable bonds is 7. The molecular formula is C21H22FN3O4S. The minimum atomic E-state index is -3.35. The first-order chi connectivity index (χ1) is 14.3. The highest BCUT2D eigenvalue weighted by atomic mass is 32.2. The second kappa shape index (κ2) is 7.79. The van der Waals surface area contributed by atoms with Crippen LogP contribution in [0.15, 0.2) is 35.4 Å². The van der Waals surface area contributed by atoms with Gasteiger partial charge in [-0.05, 0) is 37.0 Å². The molecule has 0 amide bonds. The Morgan fingerprint density at radius 3 is 2.73 bits per heavy atom. The van der Waals surface area contributed by atoms with Gasteiger partial charge in [-0.15, -0.1) is 0 Å². The van der Waals surface area contributed by atoms with E-state index < -0.39 is 15.7 Å². The van der Waals surface area contributed by atoms with E-state index in [1.807, 2.05) is 0 Å². The van der Waals surface area contributed by atoms with Crippen LogP contribution in [0.4, 0.5) is 4.39 Å². The van der Waals surface area contributed by atoms with Crippen LogP contribution in [-0.2, 0) is 22.6 Å². The molecule has 1 aromatic carbocycles. The van der Waals surface area contributed by atoms with Gasteiger partial charge in [-0.1, -0.05) is 6.92 Å². The largest absolute Gasteiger partial charge is 0.489 e. The van der Waals surface area contributed by atoms with E-state index in [1.54, 1.807) is 20.2 Å². The Labute approximate surface area is 173 Å². The summed E-state index contributed by atoms with van der Waals surface area (Å²) in [6.45, 7) is 2.06. The van der Waals surface area contributed by atoms with E-state index in [0.29, 0.717) is 40.3 Å².